The van der Waals surface area contributed by atoms with Gasteiger partial charge in [0.15, 0.2) is 0 Å². The molecule has 0 radical (unpaired) electrons. The first-order chi connectivity index (χ1) is 7.56. The van der Waals surface area contributed by atoms with Crippen molar-refractivity contribution in [3.8, 4) is 0 Å². The average Bonchev–Trinajstić information content (AvgIpc) is 2.19. The Morgan fingerprint density at radius 3 is 2.75 bits per heavy atom. The number of hydrogen-bond acceptors (Lipinski definition) is 2. The van der Waals surface area contributed by atoms with Gasteiger partial charge in [0.2, 0.25) is 0 Å². The van der Waals surface area contributed by atoms with Gasteiger partial charge in [0.25, 0.3) is 5.91 Å². The maximum absolute atomic E-state index is 11.8. The van der Waals surface area contributed by atoms with Crippen LogP contribution in [0.25, 0.3) is 0 Å². The van der Waals surface area contributed by atoms with Crippen molar-refractivity contribution in [2.75, 3.05) is 0 Å². The summed E-state index contributed by atoms with van der Waals surface area (Å²) >= 11 is 11.5. The zero-order chi connectivity index (χ0) is 11.7. The molecule has 16 heavy (non-hydrogen) atoms. The molecule has 1 aromatic rings. The van der Waals surface area contributed by atoms with Gasteiger partial charge in [-0.15, -0.1) is 0 Å². The molecule has 0 spiro atoms. The van der Waals surface area contributed by atoms with Crippen LogP contribution in [0.5, 0.6) is 0 Å². The molecule has 1 heterocycles. The predicted molar refractivity (Wildman–Crippen MR) is 63.9 cm³/mol. The van der Waals surface area contributed by atoms with E-state index in [-0.39, 0.29) is 17.1 Å². The van der Waals surface area contributed by atoms with Crippen molar-refractivity contribution >= 4 is 29.1 Å². The highest BCUT2D eigenvalue weighted by molar-refractivity contribution is 6.41. The Bertz CT molecular complexity index is 416. The highest BCUT2D eigenvalue weighted by Gasteiger charge is 2.27. The number of nitrogens with one attached hydrogen (secondary N) is 1. The van der Waals surface area contributed by atoms with Crippen LogP contribution in [0.3, 0.4) is 0 Å². The molecule has 0 saturated heterocycles. The average molecular weight is 259 g/mol. The SMILES string of the molecule is CC1CC(NC(=O)c2cnc(Cl)c(Cl)c2)C1. The Balaban J connectivity index is 2.01. The quantitative estimate of drug-likeness (QED) is 0.830. The standard InChI is InChI=1S/C11H12Cl2N2O/c1-6-2-8(3-6)15-11(16)7-4-9(12)10(13)14-5-7/h4-6,8H,2-3H2,1H3,(H,15,16). The van der Waals surface area contributed by atoms with Crippen LogP contribution in [0.1, 0.15) is 30.1 Å². The van der Waals surface area contributed by atoms with Crippen molar-refractivity contribution in [1.29, 1.82) is 0 Å². The molecule has 1 aliphatic carbocycles. The Labute approximate surface area is 104 Å². The van der Waals surface area contributed by atoms with Crippen LogP contribution in [-0.4, -0.2) is 16.9 Å². The number of carbonyl (C=O) groups excluding carboxylic acids is 1. The van der Waals surface area contributed by atoms with Gasteiger partial charge in [0.05, 0.1) is 10.6 Å². The lowest BCUT2D eigenvalue weighted by Gasteiger charge is -2.33. The molecule has 0 aliphatic heterocycles. The highest BCUT2D eigenvalue weighted by Crippen LogP contribution is 2.26. The van der Waals surface area contributed by atoms with Crippen molar-refractivity contribution in [3.63, 3.8) is 0 Å². The van der Waals surface area contributed by atoms with E-state index in [1.807, 2.05) is 0 Å². The van der Waals surface area contributed by atoms with Crippen LogP contribution in [-0.2, 0) is 0 Å². The van der Waals surface area contributed by atoms with Gasteiger partial charge >= 0.3 is 0 Å². The first-order valence-corrected chi connectivity index (χ1v) is 5.93. The Kier molecular flexibility index (Phi) is 3.36. The lowest BCUT2D eigenvalue weighted by atomic mass is 9.82. The third kappa shape index (κ3) is 2.47. The predicted octanol–water partition coefficient (Wildman–Crippen LogP) is 2.92. The van der Waals surface area contributed by atoms with E-state index in [9.17, 15) is 4.79 Å². The maximum atomic E-state index is 11.8. The molecule has 0 atom stereocenters. The molecule has 3 nitrogen and oxygen atoms in total. The molecule has 0 bridgehead atoms. The molecule has 0 aromatic carbocycles. The highest BCUT2D eigenvalue weighted by atomic mass is 35.5. The first-order valence-electron chi connectivity index (χ1n) is 5.18. The molecule has 1 saturated carbocycles. The normalized spacial score (nSPS) is 23.7. The summed E-state index contributed by atoms with van der Waals surface area (Å²) in [6.45, 7) is 2.17. The van der Waals surface area contributed by atoms with Crippen molar-refractivity contribution in [3.05, 3.63) is 28.0 Å². The molecule has 1 aromatic heterocycles. The summed E-state index contributed by atoms with van der Waals surface area (Å²) in [5.41, 5.74) is 0.453. The smallest absolute Gasteiger partial charge is 0.253 e. The molecule has 1 amide bonds. The van der Waals surface area contributed by atoms with Gasteiger partial charge in [-0.3, -0.25) is 4.79 Å². The molecule has 1 fully saturated rings. The van der Waals surface area contributed by atoms with E-state index in [2.05, 4.69) is 17.2 Å². The fourth-order valence-corrected chi connectivity index (χ4v) is 2.10. The fraction of sp³-hybridized carbons (Fsp3) is 0.455. The number of hydrogen-bond donors (Lipinski definition) is 1. The minimum absolute atomic E-state index is 0.136. The molecule has 1 aliphatic rings. The van der Waals surface area contributed by atoms with Crippen LogP contribution in [0.2, 0.25) is 10.2 Å². The number of rotatable bonds is 2. The summed E-state index contributed by atoms with van der Waals surface area (Å²) in [5, 5.41) is 3.45. The number of halogens is 2. The minimum Gasteiger partial charge on any atom is -0.349 e. The number of carbonyl (C=O) groups is 1. The lowest BCUT2D eigenvalue weighted by molar-refractivity contribution is 0.0895. The van der Waals surface area contributed by atoms with Crippen molar-refractivity contribution in [2.24, 2.45) is 5.92 Å². The van der Waals surface area contributed by atoms with Crippen LogP contribution in [0.4, 0.5) is 0 Å². The van der Waals surface area contributed by atoms with E-state index < -0.39 is 0 Å². The number of aromatic nitrogens is 1. The Hall–Kier alpha value is -0.800. The van der Waals surface area contributed by atoms with Crippen molar-refractivity contribution in [2.45, 2.75) is 25.8 Å². The molecule has 1 N–H and O–H groups in total. The zero-order valence-electron chi connectivity index (χ0n) is 8.84. The third-order valence-electron chi connectivity index (χ3n) is 2.77. The second-order valence-electron chi connectivity index (χ2n) is 4.24. The summed E-state index contributed by atoms with van der Waals surface area (Å²) in [4.78, 5) is 15.6. The maximum Gasteiger partial charge on any atom is 0.253 e. The van der Waals surface area contributed by atoms with Crippen molar-refractivity contribution in [1.82, 2.24) is 10.3 Å². The lowest BCUT2D eigenvalue weighted by Crippen LogP contribution is -2.43. The third-order valence-corrected chi connectivity index (χ3v) is 3.45. The van der Waals surface area contributed by atoms with Crippen LogP contribution in [0.15, 0.2) is 12.3 Å². The summed E-state index contributed by atoms with van der Waals surface area (Å²) < 4.78 is 0. The van der Waals surface area contributed by atoms with E-state index in [1.165, 1.54) is 12.3 Å². The van der Waals surface area contributed by atoms with Gasteiger partial charge in [-0.1, -0.05) is 30.1 Å². The molecular formula is C11H12Cl2N2O. The fourth-order valence-electron chi connectivity index (χ4n) is 1.83. The van der Waals surface area contributed by atoms with E-state index in [0.717, 1.165) is 12.8 Å². The number of amides is 1. The second-order valence-corrected chi connectivity index (χ2v) is 5.01. The van der Waals surface area contributed by atoms with E-state index >= 15 is 0 Å². The van der Waals surface area contributed by atoms with E-state index in [1.54, 1.807) is 0 Å². The zero-order valence-corrected chi connectivity index (χ0v) is 10.3. The summed E-state index contributed by atoms with van der Waals surface area (Å²) in [5.74, 6) is 0.570. The van der Waals surface area contributed by atoms with Gasteiger partial charge in [0.1, 0.15) is 5.15 Å². The Morgan fingerprint density at radius 1 is 1.50 bits per heavy atom. The molecular weight excluding hydrogens is 247 g/mol. The van der Waals surface area contributed by atoms with Gasteiger partial charge in [-0.25, -0.2) is 4.98 Å². The molecule has 2 rings (SSSR count). The number of nitrogens with zero attached hydrogens (tertiary/aromatic N) is 1. The first kappa shape index (κ1) is 11.7. The van der Waals surface area contributed by atoms with Gasteiger partial charge in [-0.2, -0.15) is 0 Å². The summed E-state index contributed by atoms with van der Waals surface area (Å²) in [6, 6.07) is 1.82. The molecule has 86 valence electrons. The molecule has 0 unspecified atom stereocenters. The number of pyridine rings is 1. The van der Waals surface area contributed by atoms with Crippen molar-refractivity contribution < 1.29 is 4.79 Å². The van der Waals surface area contributed by atoms with E-state index in [0.29, 0.717) is 16.5 Å². The Morgan fingerprint density at radius 2 is 2.19 bits per heavy atom. The van der Waals surface area contributed by atoms with Crippen LogP contribution in [0, 0.1) is 5.92 Å². The monoisotopic (exact) mass is 258 g/mol. The second kappa shape index (κ2) is 4.60. The molecule has 5 heteroatoms. The summed E-state index contributed by atoms with van der Waals surface area (Å²) in [7, 11) is 0. The van der Waals surface area contributed by atoms with Gasteiger partial charge in [-0.05, 0) is 24.8 Å². The largest absolute Gasteiger partial charge is 0.349 e. The topological polar surface area (TPSA) is 42.0 Å². The van der Waals surface area contributed by atoms with E-state index in [4.69, 9.17) is 23.2 Å². The van der Waals surface area contributed by atoms with Gasteiger partial charge in [0, 0.05) is 12.2 Å². The summed E-state index contributed by atoms with van der Waals surface area (Å²) in [6.07, 6.45) is 3.52. The van der Waals surface area contributed by atoms with Gasteiger partial charge < -0.3 is 5.32 Å². The van der Waals surface area contributed by atoms with Crippen LogP contribution >= 0.6 is 23.2 Å². The van der Waals surface area contributed by atoms with Crippen LogP contribution < -0.4 is 5.32 Å². The minimum atomic E-state index is -0.136.